The Kier molecular flexibility index (Phi) is 6.50. The van der Waals surface area contributed by atoms with E-state index < -0.39 is 0 Å². The van der Waals surface area contributed by atoms with Gasteiger partial charge in [-0.05, 0) is 37.6 Å². The summed E-state index contributed by atoms with van der Waals surface area (Å²) >= 11 is 0. The third-order valence-electron chi connectivity index (χ3n) is 3.56. The lowest BCUT2D eigenvalue weighted by Crippen LogP contribution is -2.46. The van der Waals surface area contributed by atoms with E-state index >= 15 is 0 Å². The van der Waals surface area contributed by atoms with Crippen LogP contribution >= 0.6 is 0 Å². The third-order valence-corrected chi connectivity index (χ3v) is 3.56. The van der Waals surface area contributed by atoms with Crippen molar-refractivity contribution in [2.75, 3.05) is 19.6 Å². The van der Waals surface area contributed by atoms with Gasteiger partial charge in [-0.15, -0.1) is 0 Å². The molecule has 1 N–H and O–H groups in total. The molecule has 2 nitrogen and oxygen atoms in total. The molecule has 1 atom stereocenters. The summed E-state index contributed by atoms with van der Waals surface area (Å²) in [6.45, 7) is 15.3. The molecule has 0 aromatic heterocycles. The molecule has 0 aliphatic heterocycles. The summed E-state index contributed by atoms with van der Waals surface area (Å²) in [5.74, 6) is 1.52. The summed E-state index contributed by atoms with van der Waals surface area (Å²) in [6, 6.07) is 1.55. The Morgan fingerprint density at radius 1 is 1.12 bits per heavy atom. The second-order valence-electron chi connectivity index (χ2n) is 6.38. The van der Waals surface area contributed by atoms with Crippen LogP contribution in [-0.4, -0.2) is 36.6 Å². The van der Waals surface area contributed by atoms with Crippen LogP contribution in [0.25, 0.3) is 0 Å². The van der Waals surface area contributed by atoms with Gasteiger partial charge in [-0.25, -0.2) is 0 Å². The van der Waals surface area contributed by atoms with E-state index in [1.807, 2.05) is 0 Å². The monoisotopic (exact) mass is 240 g/mol. The van der Waals surface area contributed by atoms with E-state index in [4.69, 9.17) is 0 Å². The number of nitrogens with one attached hydrogen (secondary N) is 1. The number of hydrogen-bond donors (Lipinski definition) is 1. The molecule has 1 rings (SSSR count). The zero-order valence-electron chi connectivity index (χ0n) is 12.5. The molecule has 2 heteroatoms. The van der Waals surface area contributed by atoms with E-state index in [0.717, 1.165) is 24.4 Å². The Balaban J connectivity index is 2.43. The van der Waals surface area contributed by atoms with Gasteiger partial charge in [-0.1, -0.05) is 34.6 Å². The Labute approximate surface area is 108 Å². The van der Waals surface area contributed by atoms with Crippen LogP contribution in [-0.2, 0) is 0 Å². The van der Waals surface area contributed by atoms with Crippen molar-refractivity contribution in [1.82, 2.24) is 10.2 Å². The molecular weight excluding hydrogens is 208 g/mol. The van der Waals surface area contributed by atoms with Crippen LogP contribution in [0.2, 0.25) is 0 Å². The van der Waals surface area contributed by atoms with Crippen LogP contribution < -0.4 is 5.32 Å². The van der Waals surface area contributed by atoms with Gasteiger partial charge in [0.25, 0.3) is 0 Å². The molecule has 1 aliphatic carbocycles. The molecule has 0 radical (unpaired) electrons. The van der Waals surface area contributed by atoms with E-state index in [0.29, 0.717) is 6.04 Å². The van der Waals surface area contributed by atoms with Crippen molar-refractivity contribution in [3.63, 3.8) is 0 Å². The van der Waals surface area contributed by atoms with Crippen LogP contribution in [0.3, 0.4) is 0 Å². The van der Waals surface area contributed by atoms with E-state index in [-0.39, 0.29) is 0 Å². The molecular formula is C15H32N2. The topological polar surface area (TPSA) is 15.3 Å². The summed E-state index contributed by atoms with van der Waals surface area (Å²) < 4.78 is 0. The summed E-state index contributed by atoms with van der Waals surface area (Å²) in [5, 5.41) is 3.71. The minimum Gasteiger partial charge on any atom is -0.312 e. The molecule has 0 aromatic rings. The molecule has 0 heterocycles. The zero-order chi connectivity index (χ0) is 12.8. The fourth-order valence-corrected chi connectivity index (χ4v) is 2.37. The van der Waals surface area contributed by atoms with Crippen molar-refractivity contribution >= 4 is 0 Å². The van der Waals surface area contributed by atoms with Crippen molar-refractivity contribution < 1.29 is 0 Å². The van der Waals surface area contributed by atoms with Crippen molar-refractivity contribution in [2.24, 2.45) is 11.8 Å². The van der Waals surface area contributed by atoms with E-state index in [1.165, 1.54) is 32.4 Å². The lowest BCUT2D eigenvalue weighted by atomic mass is 10.0. The second-order valence-corrected chi connectivity index (χ2v) is 6.38. The van der Waals surface area contributed by atoms with Gasteiger partial charge < -0.3 is 5.32 Å². The summed E-state index contributed by atoms with van der Waals surface area (Å²) in [4.78, 5) is 2.72. The average molecular weight is 240 g/mol. The Bertz CT molecular complexity index is 197. The first-order valence-electron chi connectivity index (χ1n) is 7.52. The first-order chi connectivity index (χ1) is 8.04. The molecule has 1 unspecified atom stereocenters. The highest BCUT2D eigenvalue weighted by Gasteiger charge is 2.31. The van der Waals surface area contributed by atoms with Crippen LogP contribution in [0.4, 0.5) is 0 Å². The fraction of sp³-hybridized carbons (Fsp3) is 1.00. The summed E-state index contributed by atoms with van der Waals surface area (Å²) in [6.07, 6.45) is 4.08. The van der Waals surface area contributed by atoms with Gasteiger partial charge in [0, 0.05) is 25.2 Å². The van der Waals surface area contributed by atoms with E-state index in [9.17, 15) is 0 Å². The maximum Gasteiger partial charge on any atom is 0.0218 e. The predicted octanol–water partition coefficient (Wildman–Crippen LogP) is 3.13. The summed E-state index contributed by atoms with van der Waals surface area (Å²) in [7, 11) is 0. The Morgan fingerprint density at radius 3 is 2.18 bits per heavy atom. The first-order valence-corrected chi connectivity index (χ1v) is 7.52. The molecule has 1 aliphatic rings. The highest BCUT2D eigenvalue weighted by Crippen LogP contribution is 2.28. The highest BCUT2D eigenvalue weighted by atomic mass is 15.2. The largest absolute Gasteiger partial charge is 0.312 e. The van der Waals surface area contributed by atoms with Gasteiger partial charge in [0.1, 0.15) is 0 Å². The van der Waals surface area contributed by atoms with Crippen molar-refractivity contribution in [3.8, 4) is 0 Å². The van der Waals surface area contributed by atoms with Crippen LogP contribution in [0, 0.1) is 11.8 Å². The van der Waals surface area contributed by atoms with Crippen molar-refractivity contribution in [1.29, 1.82) is 0 Å². The van der Waals surface area contributed by atoms with Gasteiger partial charge in [0.15, 0.2) is 0 Å². The maximum atomic E-state index is 3.71. The normalized spacial score (nSPS) is 18.4. The van der Waals surface area contributed by atoms with Gasteiger partial charge >= 0.3 is 0 Å². The van der Waals surface area contributed by atoms with Gasteiger partial charge in [-0.2, -0.15) is 0 Å². The van der Waals surface area contributed by atoms with Gasteiger partial charge in [-0.3, -0.25) is 4.90 Å². The fourth-order valence-electron chi connectivity index (χ4n) is 2.37. The molecule has 0 aromatic carbocycles. The standard InChI is InChI=1S/C15H32N2/c1-6-9-16-15(13(4)5)11-17(10-12(2)3)14-7-8-14/h12-16H,6-11H2,1-5H3. The molecule has 0 spiro atoms. The maximum absolute atomic E-state index is 3.71. The average Bonchev–Trinajstić information content (AvgIpc) is 3.05. The zero-order valence-corrected chi connectivity index (χ0v) is 12.5. The minimum absolute atomic E-state index is 0.661. The molecule has 0 amide bonds. The molecule has 1 fully saturated rings. The van der Waals surface area contributed by atoms with Gasteiger partial charge in [0.05, 0.1) is 0 Å². The second kappa shape index (κ2) is 7.38. The van der Waals surface area contributed by atoms with E-state index in [2.05, 4.69) is 44.8 Å². The quantitative estimate of drug-likeness (QED) is 0.666. The van der Waals surface area contributed by atoms with E-state index in [1.54, 1.807) is 0 Å². The van der Waals surface area contributed by atoms with Crippen LogP contribution in [0.5, 0.6) is 0 Å². The highest BCUT2D eigenvalue weighted by molar-refractivity contribution is 4.88. The smallest absolute Gasteiger partial charge is 0.0218 e. The minimum atomic E-state index is 0.661. The molecule has 0 saturated heterocycles. The molecule has 0 bridgehead atoms. The predicted molar refractivity (Wildman–Crippen MR) is 76.4 cm³/mol. The Hall–Kier alpha value is -0.0800. The first kappa shape index (κ1) is 15.0. The number of nitrogens with zero attached hydrogens (tertiary/aromatic N) is 1. The van der Waals surface area contributed by atoms with Crippen LogP contribution in [0.15, 0.2) is 0 Å². The van der Waals surface area contributed by atoms with Crippen molar-refractivity contribution in [2.45, 2.75) is 66.0 Å². The molecule has 1 saturated carbocycles. The SMILES string of the molecule is CCCNC(CN(CC(C)C)C1CC1)C(C)C. The summed E-state index contributed by atoms with van der Waals surface area (Å²) in [5.41, 5.74) is 0. The molecule has 102 valence electrons. The van der Waals surface area contributed by atoms with Crippen molar-refractivity contribution in [3.05, 3.63) is 0 Å². The third kappa shape index (κ3) is 5.87. The lowest BCUT2D eigenvalue weighted by molar-refractivity contribution is 0.190. The Morgan fingerprint density at radius 2 is 1.76 bits per heavy atom. The number of rotatable bonds is 9. The lowest BCUT2D eigenvalue weighted by Gasteiger charge is -2.31. The van der Waals surface area contributed by atoms with Gasteiger partial charge in [0.2, 0.25) is 0 Å². The number of hydrogen-bond acceptors (Lipinski definition) is 2. The molecule has 17 heavy (non-hydrogen) atoms. The van der Waals surface area contributed by atoms with Crippen LogP contribution in [0.1, 0.15) is 53.9 Å².